The molecule has 0 unspecified atom stereocenters. The Bertz CT molecular complexity index is 698. The summed E-state index contributed by atoms with van der Waals surface area (Å²) in [6.07, 6.45) is 2.93. The molecule has 0 atom stereocenters. The first-order valence-corrected chi connectivity index (χ1v) is 9.39. The predicted molar refractivity (Wildman–Crippen MR) is 105 cm³/mol. The normalized spacial score (nSPS) is 10.3. The van der Waals surface area contributed by atoms with Gasteiger partial charge in [-0.15, -0.1) is 0 Å². The van der Waals surface area contributed by atoms with Crippen LogP contribution in [0.15, 0.2) is 54.6 Å². The molecule has 0 radical (unpaired) electrons. The molecule has 0 aliphatic carbocycles. The Labute approximate surface area is 160 Å². The van der Waals surface area contributed by atoms with E-state index in [1.54, 1.807) is 31.2 Å². The zero-order chi connectivity index (χ0) is 19.3. The molecule has 0 bridgehead atoms. The lowest BCUT2D eigenvalue weighted by molar-refractivity contribution is -0.143. The SMILES string of the molecule is CCOC(=O)CCCCCNC(=O)c1ccc(OCc2ccccc2)cc1. The highest BCUT2D eigenvalue weighted by atomic mass is 16.5. The third-order valence-electron chi connectivity index (χ3n) is 4.01. The molecule has 5 heteroatoms. The number of nitrogens with one attached hydrogen (secondary N) is 1. The first kappa shape index (κ1) is 20.5. The second kappa shape index (κ2) is 11.7. The van der Waals surface area contributed by atoms with Gasteiger partial charge in [-0.3, -0.25) is 9.59 Å². The van der Waals surface area contributed by atoms with Crippen molar-refractivity contribution in [2.45, 2.75) is 39.2 Å². The molecule has 5 nitrogen and oxygen atoms in total. The monoisotopic (exact) mass is 369 g/mol. The van der Waals surface area contributed by atoms with Crippen molar-refractivity contribution in [1.82, 2.24) is 5.32 Å². The molecular weight excluding hydrogens is 342 g/mol. The summed E-state index contributed by atoms with van der Waals surface area (Å²) >= 11 is 0. The van der Waals surface area contributed by atoms with E-state index in [0.29, 0.717) is 31.7 Å². The van der Waals surface area contributed by atoms with Gasteiger partial charge in [-0.05, 0) is 49.6 Å². The first-order chi connectivity index (χ1) is 13.2. The third-order valence-corrected chi connectivity index (χ3v) is 4.01. The topological polar surface area (TPSA) is 64.6 Å². The number of hydrogen-bond acceptors (Lipinski definition) is 4. The summed E-state index contributed by atoms with van der Waals surface area (Å²) in [7, 11) is 0. The molecule has 0 fully saturated rings. The number of benzene rings is 2. The Balaban J connectivity index is 1.64. The summed E-state index contributed by atoms with van der Waals surface area (Å²) in [6, 6.07) is 17.1. The van der Waals surface area contributed by atoms with E-state index in [4.69, 9.17) is 9.47 Å². The lowest BCUT2D eigenvalue weighted by Gasteiger charge is -2.08. The molecule has 0 saturated heterocycles. The summed E-state index contributed by atoms with van der Waals surface area (Å²) in [5.74, 6) is 0.473. The van der Waals surface area contributed by atoms with Crippen LogP contribution >= 0.6 is 0 Å². The quantitative estimate of drug-likeness (QED) is 0.478. The van der Waals surface area contributed by atoms with Gasteiger partial charge < -0.3 is 14.8 Å². The van der Waals surface area contributed by atoms with Crippen LogP contribution in [0.1, 0.15) is 48.5 Å². The van der Waals surface area contributed by atoms with Crippen molar-refractivity contribution < 1.29 is 19.1 Å². The summed E-state index contributed by atoms with van der Waals surface area (Å²) < 4.78 is 10.6. The highest BCUT2D eigenvalue weighted by molar-refractivity contribution is 5.94. The number of carbonyl (C=O) groups excluding carboxylic acids is 2. The van der Waals surface area contributed by atoms with E-state index in [0.717, 1.165) is 30.6 Å². The third kappa shape index (κ3) is 7.94. The van der Waals surface area contributed by atoms with Crippen molar-refractivity contribution >= 4 is 11.9 Å². The van der Waals surface area contributed by atoms with E-state index in [9.17, 15) is 9.59 Å². The molecule has 0 aliphatic heterocycles. The first-order valence-electron chi connectivity index (χ1n) is 9.39. The van der Waals surface area contributed by atoms with E-state index >= 15 is 0 Å². The van der Waals surface area contributed by atoms with Crippen LogP contribution in [0.2, 0.25) is 0 Å². The molecule has 0 aromatic heterocycles. The molecule has 1 amide bonds. The Morgan fingerprint density at radius 1 is 0.926 bits per heavy atom. The van der Waals surface area contributed by atoms with Crippen molar-refractivity contribution in [2.24, 2.45) is 0 Å². The Morgan fingerprint density at radius 3 is 2.37 bits per heavy atom. The molecule has 144 valence electrons. The van der Waals surface area contributed by atoms with Gasteiger partial charge in [0.15, 0.2) is 0 Å². The standard InChI is InChI=1S/C22H27NO4/c1-2-26-21(24)11-7-4-8-16-23-22(25)19-12-14-20(15-13-19)27-17-18-9-5-3-6-10-18/h3,5-6,9-10,12-15H,2,4,7-8,11,16-17H2,1H3,(H,23,25). The lowest BCUT2D eigenvalue weighted by Crippen LogP contribution is -2.24. The van der Waals surface area contributed by atoms with E-state index < -0.39 is 0 Å². The lowest BCUT2D eigenvalue weighted by atomic mass is 10.1. The van der Waals surface area contributed by atoms with Crippen molar-refractivity contribution in [3.05, 3.63) is 65.7 Å². The van der Waals surface area contributed by atoms with Gasteiger partial charge in [-0.25, -0.2) is 0 Å². The van der Waals surface area contributed by atoms with Crippen LogP contribution in [0.25, 0.3) is 0 Å². The second-order valence-corrected chi connectivity index (χ2v) is 6.17. The van der Waals surface area contributed by atoms with E-state index in [2.05, 4.69) is 5.32 Å². The zero-order valence-corrected chi connectivity index (χ0v) is 15.8. The fourth-order valence-electron chi connectivity index (χ4n) is 2.55. The average Bonchev–Trinajstić information content (AvgIpc) is 2.70. The van der Waals surface area contributed by atoms with Gasteiger partial charge in [-0.1, -0.05) is 36.8 Å². The molecule has 0 aliphatic rings. The van der Waals surface area contributed by atoms with Crippen LogP contribution in [0, 0.1) is 0 Å². The van der Waals surface area contributed by atoms with Gasteiger partial charge in [-0.2, -0.15) is 0 Å². The van der Waals surface area contributed by atoms with Crippen molar-refractivity contribution in [3.8, 4) is 5.75 Å². The zero-order valence-electron chi connectivity index (χ0n) is 15.8. The number of ether oxygens (including phenoxy) is 2. The Morgan fingerprint density at radius 2 is 1.67 bits per heavy atom. The number of carbonyl (C=O) groups is 2. The van der Waals surface area contributed by atoms with Gasteiger partial charge in [0.2, 0.25) is 0 Å². The van der Waals surface area contributed by atoms with Gasteiger partial charge in [0.05, 0.1) is 6.61 Å². The molecule has 2 aromatic rings. The number of hydrogen-bond donors (Lipinski definition) is 1. The van der Waals surface area contributed by atoms with E-state index in [-0.39, 0.29) is 11.9 Å². The summed E-state index contributed by atoms with van der Waals surface area (Å²) in [6.45, 7) is 3.31. The maximum absolute atomic E-state index is 12.1. The summed E-state index contributed by atoms with van der Waals surface area (Å²) in [5.41, 5.74) is 1.70. The van der Waals surface area contributed by atoms with Crippen LogP contribution in [-0.2, 0) is 16.1 Å². The number of unbranched alkanes of at least 4 members (excludes halogenated alkanes) is 2. The van der Waals surface area contributed by atoms with Crippen LogP contribution in [0.5, 0.6) is 5.75 Å². The molecule has 2 rings (SSSR count). The molecule has 1 N–H and O–H groups in total. The van der Waals surface area contributed by atoms with Crippen molar-refractivity contribution in [3.63, 3.8) is 0 Å². The number of amides is 1. The minimum atomic E-state index is -0.156. The fraction of sp³-hybridized carbons (Fsp3) is 0.364. The van der Waals surface area contributed by atoms with Gasteiger partial charge in [0.25, 0.3) is 5.91 Å². The highest BCUT2D eigenvalue weighted by Gasteiger charge is 2.06. The van der Waals surface area contributed by atoms with E-state index in [1.165, 1.54) is 0 Å². The molecule has 0 spiro atoms. The average molecular weight is 369 g/mol. The summed E-state index contributed by atoms with van der Waals surface area (Å²) in [5, 5.41) is 2.89. The van der Waals surface area contributed by atoms with Crippen molar-refractivity contribution in [2.75, 3.05) is 13.2 Å². The Kier molecular flexibility index (Phi) is 8.90. The van der Waals surface area contributed by atoms with Gasteiger partial charge in [0, 0.05) is 18.5 Å². The summed E-state index contributed by atoms with van der Waals surface area (Å²) in [4.78, 5) is 23.4. The van der Waals surface area contributed by atoms with Gasteiger partial charge in [0.1, 0.15) is 12.4 Å². The smallest absolute Gasteiger partial charge is 0.305 e. The molecular formula is C22H27NO4. The Hall–Kier alpha value is -2.82. The van der Waals surface area contributed by atoms with Crippen LogP contribution in [0.3, 0.4) is 0 Å². The largest absolute Gasteiger partial charge is 0.489 e. The van der Waals surface area contributed by atoms with Crippen LogP contribution in [0.4, 0.5) is 0 Å². The number of rotatable bonds is 11. The van der Waals surface area contributed by atoms with Crippen LogP contribution < -0.4 is 10.1 Å². The maximum Gasteiger partial charge on any atom is 0.305 e. The fourth-order valence-corrected chi connectivity index (χ4v) is 2.55. The molecule has 27 heavy (non-hydrogen) atoms. The minimum absolute atomic E-state index is 0.102. The van der Waals surface area contributed by atoms with E-state index in [1.807, 2.05) is 30.3 Å². The van der Waals surface area contributed by atoms with Crippen molar-refractivity contribution in [1.29, 1.82) is 0 Å². The molecule has 2 aromatic carbocycles. The van der Waals surface area contributed by atoms with Gasteiger partial charge >= 0.3 is 5.97 Å². The number of esters is 1. The molecule has 0 saturated carbocycles. The molecule has 0 heterocycles. The predicted octanol–water partition coefficient (Wildman–Crippen LogP) is 4.12. The maximum atomic E-state index is 12.1. The highest BCUT2D eigenvalue weighted by Crippen LogP contribution is 2.14. The second-order valence-electron chi connectivity index (χ2n) is 6.17. The minimum Gasteiger partial charge on any atom is -0.489 e. The van der Waals surface area contributed by atoms with Crippen LogP contribution in [-0.4, -0.2) is 25.0 Å².